The summed E-state index contributed by atoms with van der Waals surface area (Å²) in [6, 6.07) is 7.57. The van der Waals surface area contributed by atoms with E-state index in [2.05, 4.69) is 159 Å². The van der Waals surface area contributed by atoms with Crippen molar-refractivity contribution < 1.29 is 35.0 Å². The molecule has 0 aromatic heterocycles. The van der Waals surface area contributed by atoms with Gasteiger partial charge >= 0.3 is 0 Å². The molecule has 0 bridgehead atoms. The maximum atomic E-state index is 11.2. The normalized spacial score (nSPS) is 31.0. The van der Waals surface area contributed by atoms with E-state index in [1.807, 2.05) is 20.9 Å². The molecule has 0 spiro atoms. The zero-order valence-electron chi connectivity index (χ0n) is 64.9. The Morgan fingerprint density at radius 3 is 0.769 bits per heavy atom. The van der Waals surface area contributed by atoms with Crippen molar-refractivity contribution in [2.45, 2.75) is 409 Å². The molecule has 0 aliphatic heterocycles. The van der Waals surface area contributed by atoms with Gasteiger partial charge in [0.05, 0.1) is 14.1 Å². The summed E-state index contributed by atoms with van der Waals surface area (Å²) < 4.78 is 0.440. The first-order chi connectivity index (χ1) is 42.8. The van der Waals surface area contributed by atoms with E-state index < -0.39 is 0 Å². The van der Waals surface area contributed by atoms with Crippen molar-refractivity contribution in [3.8, 4) is 0 Å². The Kier molecular flexibility index (Phi) is 42.7. The van der Waals surface area contributed by atoms with Crippen molar-refractivity contribution >= 4 is 6.79 Å². The van der Waals surface area contributed by atoms with Crippen LogP contribution in [0.1, 0.15) is 337 Å². The highest BCUT2D eigenvalue weighted by Crippen LogP contribution is 2.42. The standard InChI is InChI=1S/C27H56N2O2.C27H54N2.C25H50N2.CH2O.H2O2/c1-20(2)17-22(5)28(7,30)26-13-9-24(10-14-26)19-25-11-15-27(16-12-25)29(8,31)23(6)18-21(3)4;1-20(2)17-22(5)28(7)26-13-9-24(10-14-26)19-25-11-15-27(16-12-25)29(8)23(6)18-21(3)4;1-18(2)15-20(5)26-24-11-7-22(8-12-24)17-23-9-13-25(14-10-23)27-21(6)16-19(3)4;2*1-2/h20-27,30-31H,9-19H2,1-8H3;20-27H,9-19H2,1-8H3;18-27H,7-17H2,1-6H3;1H2;1-2H/q+2;;;;. The molecule has 0 amide bonds. The van der Waals surface area contributed by atoms with Crippen LogP contribution in [0.3, 0.4) is 0 Å². The number of nitrogens with one attached hydrogen (secondary N) is 2. The van der Waals surface area contributed by atoms with Gasteiger partial charge in [0.15, 0.2) is 0 Å². The molecule has 6 aliphatic carbocycles. The van der Waals surface area contributed by atoms with E-state index in [-0.39, 0.29) is 9.29 Å². The molecule has 0 aromatic carbocycles. The van der Waals surface area contributed by atoms with Crippen molar-refractivity contribution in [3.63, 3.8) is 0 Å². The Morgan fingerprint density at radius 2 is 0.549 bits per heavy atom. The molecule has 542 valence electrons. The SMILES string of the molecule is C=O.CC(C)CC(C)N(C)C1CCC(CC2CCC(N(C)C(C)CC(C)C)CC2)CC1.CC(C)CC(C)NC1CCC(CC2CCC(NC(C)CC(C)C)CC2)CC1.CC(C)CC(C)[N+](C)(O)C1CCC(CC2CCC([N+](C)(O)C(C)CC(C)C)CC2)CC1.OO. The summed E-state index contributed by atoms with van der Waals surface area (Å²) in [5.74, 6) is 10.2. The lowest BCUT2D eigenvalue weighted by Gasteiger charge is -2.44. The summed E-state index contributed by atoms with van der Waals surface area (Å²) in [5.41, 5.74) is 0. The van der Waals surface area contributed by atoms with E-state index >= 15 is 0 Å². The minimum absolute atomic E-state index is 0.220. The summed E-state index contributed by atoms with van der Waals surface area (Å²) in [6.07, 6.45) is 44.9. The second-order valence-corrected chi connectivity index (χ2v) is 35.7. The van der Waals surface area contributed by atoms with Crippen LogP contribution in [0.25, 0.3) is 0 Å². The van der Waals surface area contributed by atoms with Crippen LogP contribution in [0.15, 0.2) is 0 Å². The Morgan fingerprint density at radius 1 is 0.341 bits per heavy atom. The number of nitrogens with zero attached hydrogens (tertiary/aromatic N) is 4. The van der Waals surface area contributed by atoms with Gasteiger partial charge in [0.25, 0.3) is 0 Å². The molecule has 11 heteroatoms. The highest BCUT2D eigenvalue weighted by Gasteiger charge is 2.43. The number of carbonyl (C=O) groups excluding carboxylic acids is 1. The molecule has 6 rings (SSSR count). The van der Waals surface area contributed by atoms with E-state index in [4.69, 9.17) is 15.3 Å². The number of hydroxylamine groups is 6. The minimum atomic E-state index is 0.220. The molecule has 0 saturated heterocycles. The smallest absolute Gasteiger partial charge is 0.119 e. The van der Waals surface area contributed by atoms with Gasteiger partial charge in [-0.25, -0.2) is 10.4 Å². The molecule has 11 nitrogen and oxygen atoms in total. The zero-order chi connectivity index (χ0) is 68.8. The van der Waals surface area contributed by atoms with Gasteiger partial charge in [0.2, 0.25) is 0 Å². The molecular formula is C80H164N6O5+2. The lowest BCUT2D eigenvalue weighted by molar-refractivity contribution is -1.12. The molecular weight excluding hydrogens is 1120 g/mol. The summed E-state index contributed by atoms with van der Waals surface area (Å²) in [7, 11) is 8.86. The van der Waals surface area contributed by atoms with Gasteiger partial charge in [-0.05, 0) is 300 Å². The van der Waals surface area contributed by atoms with Crippen molar-refractivity contribution in [3.05, 3.63) is 0 Å². The lowest BCUT2D eigenvalue weighted by Crippen LogP contribution is -2.57. The van der Waals surface area contributed by atoms with Gasteiger partial charge in [-0.15, -0.1) is 0 Å². The Bertz CT molecular complexity index is 1630. The van der Waals surface area contributed by atoms with Gasteiger partial charge in [-0.1, -0.05) is 83.1 Å². The Balaban J connectivity index is 0.000000453. The first-order valence-electron chi connectivity index (χ1n) is 39.4. The highest BCUT2D eigenvalue weighted by molar-refractivity contribution is 5.11. The fourth-order valence-corrected chi connectivity index (χ4v) is 19.2. The van der Waals surface area contributed by atoms with Crippen LogP contribution in [0.4, 0.5) is 0 Å². The fourth-order valence-electron chi connectivity index (χ4n) is 19.2. The van der Waals surface area contributed by atoms with Crippen molar-refractivity contribution in [1.29, 1.82) is 0 Å². The number of rotatable bonds is 30. The lowest BCUT2D eigenvalue weighted by atomic mass is 9.75. The van der Waals surface area contributed by atoms with Crippen LogP contribution in [-0.4, -0.2) is 148 Å². The molecule has 91 heavy (non-hydrogen) atoms. The molecule has 6 N–H and O–H groups in total. The molecule has 6 aliphatic rings. The molecule has 0 heterocycles. The largest absolute Gasteiger partial charge is 0.311 e. The third-order valence-electron chi connectivity index (χ3n) is 24.7. The third-order valence-corrected chi connectivity index (χ3v) is 24.7. The molecule has 8 unspecified atom stereocenters. The molecule has 6 fully saturated rings. The van der Waals surface area contributed by atoms with Crippen LogP contribution in [0, 0.1) is 71.0 Å². The molecule has 0 aromatic rings. The molecule has 8 atom stereocenters. The topological polar surface area (TPSA) is 129 Å². The van der Waals surface area contributed by atoms with Gasteiger partial charge in [-0.3, -0.25) is 10.5 Å². The quantitative estimate of drug-likeness (QED) is 0.0237. The summed E-state index contributed by atoms with van der Waals surface area (Å²) >= 11 is 0. The van der Waals surface area contributed by atoms with E-state index in [0.29, 0.717) is 48.1 Å². The summed E-state index contributed by atoms with van der Waals surface area (Å²) in [5, 5.41) is 42.2. The number of hydrogen-bond acceptors (Lipinski definition) is 9. The van der Waals surface area contributed by atoms with Crippen molar-refractivity contribution in [2.75, 3.05) is 28.2 Å². The van der Waals surface area contributed by atoms with Gasteiger partial charge < -0.3 is 25.2 Å². The minimum Gasteiger partial charge on any atom is -0.311 e. The first-order valence-corrected chi connectivity index (χ1v) is 39.4. The third kappa shape index (κ3) is 33.1. The number of quaternary nitrogens is 2. The predicted molar refractivity (Wildman–Crippen MR) is 392 cm³/mol. The van der Waals surface area contributed by atoms with E-state index in [1.54, 1.807) is 0 Å². The molecule has 6 saturated carbocycles. The predicted octanol–water partition coefficient (Wildman–Crippen LogP) is 20.6. The fraction of sp³-hybridized carbons (Fsp3) is 0.988. The maximum absolute atomic E-state index is 11.2. The highest BCUT2D eigenvalue weighted by atomic mass is 17.0. The van der Waals surface area contributed by atoms with Crippen LogP contribution in [0.5, 0.6) is 0 Å². The first kappa shape index (κ1) is 86.4. The average Bonchev–Trinajstić information content (AvgIpc) is 1.78. The van der Waals surface area contributed by atoms with Crippen molar-refractivity contribution in [2.24, 2.45) is 71.0 Å². The zero-order valence-corrected chi connectivity index (χ0v) is 64.9. The maximum Gasteiger partial charge on any atom is 0.119 e. The van der Waals surface area contributed by atoms with Crippen LogP contribution < -0.4 is 10.6 Å². The number of carbonyl (C=O) groups is 1. The number of hydrogen-bond donors (Lipinski definition) is 6. The van der Waals surface area contributed by atoms with Crippen LogP contribution in [-0.2, 0) is 4.79 Å². The summed E-state index contributed by atoms with van der Waals surface area (Å²) in [4.78, 5) is 13.4. The van der Waals surface area contributed by atoms with Gasteiger partial charge in [-0.2, -0.15) is 9.29 Å². The van der Waals surface area contributed by atoms with E-state index in [9.17, 15) is 10.4 Å². The van der Waals surface area contributed by atoms with Crippen LogP contribution >= 0.6 is 0 Å². The van der Waals surface area contributed by atoms with Crippen LogP contribution in [0.2, 0.25) is 0 Å². The Labute approximate surface area is 567 Å². The monoisotopic (exact) mass is 1290 g/mol. The van der Waals surface area contributed by atoms with E-state index in [1.165, 1.54) is 199 Å². The molecule has 0 radical (unpaired) electrons. The average molecular weight is 1290 g/mol. The van der Waals surface area contributed by atoms with Gasteiger partial charge in [0.1, 0.15) is 31.0 Å². The second-order valence-electron chi connectivity index (χ2n) is 35.7. The Hall–Kier alpha value is -0.730. The van der Waals surface area contributed by atoms with E-state index in [0.717, 1.165) is 108 Å². The summed E-state index contributed by atoms with van der Waals surface area (Å²) in [6.45, 7) is 43.9. The van der Waals surface area contributed by atoms with Gasteiger partial charge in [0, 0.05) is 86.9 Å². The van der Waals surface area contributed by atoms with Crippen molar-refractivity contribution in [1.82, 2.24) is 20.4 Å². The second kappa shape index (κ2) is 45.0.